The summed E-state index contributed by atoms with van der Waals surface area (Å²) in [6.07, 6.45) is 3.03. The van der Waals surface area contributed by atoms with Gasteiger partial charge in [-0.25, -0.2) is 4.98 Å². The lowest BCUT2D eigenvalue weighted by atomic mass is 10.0. The molecule has 0 aliphatic heterocycles. The summed E-state index contributed by atoms with van der Waals surface area (Å²) in [5, 5.41) is 8.12. The van der Waals surface area contributed by atoms with E-state index >= 15 is 0 Å². The van der Waals surface area contributed by atoms with Crippen LogP contribution in [0.15, 0.2) is 65.8 Å². The summed E-state index contributed by atoms with van der Waals surface area (Å²) in [5.41, 5.74) is 2.96. The number of hydrogen-bond acceptors (Lipinski definition) is 4. The van der Waals surface area contributed by atoms with Crippen LogP contribution in [0.3, 0.4) is 0 Å². The van der Waals surface area contributed by atoms with Crippen LogP contribution >= 0.6 is 11.6 Å². The van der Waals surface area contributed by atoms with Crippen LogP contribution in [0.4, 0.5) is 5.69 Å². The molecule has 0 aliphatic carbocycles. The van der Waals surface area contributed by atoms with E-state index in [0.29, 0.717) is 28.5 Å². The molecule has 2 heterocycles. The Kier molecular flexibility index (Phi) is 5.86. The van der Waals surface area contributed by atoms with Crippen LogP contribution in [0.5, 0.6) is 0 Å². The lowest BCUT2D eigenvalue weighted by molar-refractivity contribution is -0.116. The highest BCUT2D eigenvalue weighted by molar-refractivity contribution is 6.30. The zero-order valence-corrected chi connectivity index (χ0v) is 18.0. The molecule has 0 spiro atoms. The van der Waals surface area contributed by atoms with Gasteiger partial charge >= 0.3 is 0 Å². The molecule has 0 radical (unpaired) electrons. The van der Waals surface area contributed by atoms with E-state index in [1.165, 1.54) is 21.1 Å². The number of rotatable bonds is 6. The van der Waals surface area contributed by atoms with Crippen LogP contribution in [0.1, 0.15) is 30.9 Å². The molecule has 0 saturated heterocycles. The molecule has 0 bridgehead atoms. The first-order valence-electron chi connectivity index (χ1n) is 9.96. The van der Waals surface area contributed by atoms with E-state index in [1.807, 2.05) is 36.4 Å². The molecule has 7 nitrogen and oxygen atoms in total. The zero-order valence-electron chi connectivity index (χ0n) is 17.2. The monoisotopic (exact) mass is 435 g/mol. The fourth-order valence-corrected chi connectivity index (χ4v) is 3.39. The fraction of sp³-hybridized carbons (Fsp3) is 0.217. The Balaban J connectivity index is 1.48. The van der Waals surface area contributed by atoms with Crippen molar-refractivity contribution in [1.82, 2.24) is 19.3 Å². The quantitative estimate of drug-likeness (QED) is 0.495. The highest BCUT2D eigenvalue weighted by Crippen LogP contribution is 2.17. The lowest BCUT2D eigenvalue weighted by Gasteiger charge is -2.08. The van der Waals surface area contributed by atoms with Gasteiger partial charge in [-0.15, -0.1) is 0 Å². The summed E-state index contributed by atoms with van der Waals surface area (Å²) in [5.74, 6) is 0.198. The third kappa shape index (κ3) is 4.83. The second-order valence-corrected chi connectivity index (χ2v) is 8.13. The van der Waals surface area contributed by atoms with Gasteiger partial charge in [0.1, 0.15) is 18.3 Å². The average molecular weight is 436 g/mol. The molecule has 0 atom stereocenters. The number of amides is 1. The topological polar surface area (TPSA) is 81.8 Å². The predicted molar refractivity (Wildman–Crippen MR) is 122 cm³/mol. The number of carbonyl (C=O) groups excluding carboxylic acids is 1. The van der Waals surface area contributed by atoms with E-state index in [4.69, 9.17) is 11.6 Å². The van der Waals surface area contributed by atoms with E-state index in [9.17, 15) is 9.59 Å². The molecular weight excluding hydrogens is 414 g/mol. The summed E-state index contributed by atoms with van der Waals surface area (Å²) < 4.78 is 2.94. The molecule has 2 aromatic heterocycles. The average Bonchev–Trinajstić information content (AvgIpc) is 3.15. The van der Waals surface area contributed by atoms with E-state index in [1.54, 1.807) is 18.3 Å². The van der Waals surface area contributed by atoms with E-state index in [-0.39, 0.29) is 18.0 Å². The standard InChI is InChI=1S/C23H22ClN5O2/c1-15(2)17-5-9-19(10-6-17)26-21(30)13-29-12-20-22(27-29)25-14-28(23(20)31)11-16-3-7-18(24)8-4-16/h3-10,12,14-15H,11,13H2,1-2H3,(H,26,30). The number of fused-ring (bicyclic) bond motifs is 1. The van der Waals surface area contributed by atoms with E-state index in [2.05, 4.69) is 29.2 Å². The third-order valence-corrected chi connectivity index (χ3v) is 5.24. The first kappa shape index (κ1) is 20.8. The van der Waals surface area contributed by atoms with Crippen LogP contribution in [0.2, 0.25) is 5.02 Å². The maximum atomic E-state index is 12.8. The number of benzene rings is 2. The Bertz CT molecular complexity index is 1270. The Morgan fingerprint density at radius 1 is 1.10 bits per heavy atom. The Morgan fingerprint density at radius 2 is 1.81 bits per heavy atom. The van der Waals surface area contributed by atoms with Crippen molar-refractivity contribution in [2.45, 2.75) is 32.9 Å². The second kappa shape index (κ2) is 8.73. The van der Waals surface area contributed by atoms with Crippen molar-refractivity contribution in [2.24, 2.45) is 0 Å². The van der Waals surface area contributed by atoms with Crippen LogP contribution in [-0.4, -0.2) is 25.2 Å². The van der Waals surface area contributed by atoms with Gasteiger partial charge in [-0.2, -0.15) is 5.10 Å². The normalized spacial score (nSPS) is 11.2. The molecule has 0 saturated carbocycles. The van der Waals surface area contributed by atoms with Gasteiger partial charge in [0.15, 0.2) is 5.65 Å². The van der Waals surface area contributed by atoms with Gasteiger partial charge in [0.05, 0.1) is 6.54 Å². The molecular formula is C23H22ClN5O2. The van der Waals surface area contributed by atoms with Crippen LogP contribution in [0.25, 0.3) is 11.0 Å². The first-order chi connectivity index (χ1) is 14.9. The SMILES string of the molecule is CC(C)c1ccc(NC(=O)Cn2cc3c(=O)n(Cc4ccc(Cl)cc4)cnc3n2)cc1. The molecule has 4 aromatic rings. The van der Waals surface area contributed by atoms with Gasteiger partial charge in [-0.05, 0) is 41.3 Å². The maximum Gasteiger partial charge on any atom is 0.264 e. The Labute approximate surface area is 184 Å². The molecule has 0 fully saturated rings. The summed E-state index contributed by atoms with van der Waals surface area (Å²) in [4.78, 5) is 29.5. The van der Waals surface area contributed by atoms with Gasteiger partial charge in [0, 0.05) is 16.9 Å². The van der Waals surface area contributed by atoms with Gasteiger partial charge in [0.2, 0.25) is 5.91 Å². The van der Waals surface area contributed by atoms with Crippen molar-refractivity contribution in [2.75, 3.05) is 5.32 Å². The molecule has 158 valence electrons. The maximum absolute atomic E-state index is 12.8. The van der Waals surface area contributed by atoms with Gasteiger partial charge < -0.3 is 5.32 Å². The number of hydrogen-bond donors (Lipinski definition) is 1. The van der Waals surface area contributed by atoms with Crippen molar-refractivity contribution in [3.8, 4) is 0 Å². The predicted octanol–water partition coefficient (Wildman–Crippen LogP) is 4.06. The van der Waals surface area contributed by atoms with Gasteiger partial charge in [-0.1, -0.05) is 49.7 Å². The van der Waals surface area contributed by atoms with Crippen LogP contribution < -0.4 is 10.9 Å². The van der Waals surface area contributed by atoms with Crippen LogP contribution in [-0.2, 0) is 17.9 Å². The molecule has 4 rings (SSSR count). The van der Waals surface area contributed by atoms with Gasteiger partial charge in [-0.3, -0.25) is 18.8 Å². The summed E-state index contributed by atoms with van der Waals surface area (Å²) in [6.45, 7) is 4.59. The van der Waals surface area contributed by atoms with E-state index in [0.717, 1.165) is 11.3 Å². The van der Waals surface area contributed by atoms with Crippen molar-refractivity contribution >= 4 is 34.2 Å². The smallest absolute Gasteiger partial charge is 0.264 e. The van der Waals surface area contributed by atoms with Crippen molar-refractivity contribution in [3.63, 3.8) is 0 Å². The molecule has 2 aromatic carbocycles. The number of anilines is 1. The second-order valence-electron chi connectivity index (χ2n) is 7.69. The van der Waals surface area contributed by atoms with Crippen molar-refractivity contribution < 1.29 is 4.79 Å². The third-order valence-electron chi connectivity index (χ3n) is 4.99. The number of aromatic nitrogens is 4. The fourth-order valence-electron chi connectivity index (χ4n) is 3.27. The highest BCUT2D eigenvalue weighted by Gasteiger charge is 2.12. The first-order valence-corrected chi connectivity index (χ1v) is 10.3. The molecule has 8 heteroatoms. The zero-order chi connectivity index (χ0) is 22.0. The minimum absolute atomic E-state index is 0.0150. The minimum atomic E-state index is -0.230. The molecule has 31 heavy (non-hydrogen) atoms. The largest absolute Gasteiger partial charge is 0.324 e. The molecule has 1 N–H and O–H groups in total. The summed E-state index contributed by atoms with van der Waals surface area (Å²) in [6, 6.07) is 15.0. The summed E-state index contributed by atoms with van der Waals surface area (Å²) in [7, 11) is 0. The molecule has 0 aliphatic rings. The number of nitrogens with zero attached hydrogens (tertiary/aromatic N) is 4. The van der Waals surface area contributed by atoms with Crippen molar-refractivity contribution in [1.29, 1.82) is 0 Å². The lowest BCUT2D eigenvalue weighted by Crippen LogP contribution is -2.20. The number of carbonyl (C=O) groups is 1. The summed E-state index contributed by atoms with van der Waals surface area (Å²) >= 11 is 5.91. The molecule has 0 unspecified atom stereocenters. The van der Waals surface area contributed by atoms with Crippen molar-refractivity contribution in [3.05, 3.63) is 87.6 Å². The van der Waals surface area contributed by atoms with E-state index < -0.39 is 0 Å². The minimum Gasteiger partial charge on any atom is -0.324 e. The van der Waals surface area contributed by atoms with Gasteiger partial charge in [0.25, 0.3) is 5.56 Å². The highest BCUT2D eigenvalue weighted by atomic mass is 35.5. The molecule has 1 amide bonds. The number of nitrogens with one attached hydrogen (secondary N) is 1. The Morgan fingerprint density at radius 3 is 2.48 bits per heavy atom. The van der Waals surface area contributed by atoms with Crippen LogP contribution in [0, 0.1) is 0 Å². The Hall–Kier alpha value is -3.45. The number of halogens is 1.